The smallest absolute Gasteiger partial charge is 0.343 e. The summed E-state index contributed by atoms with van der Waals surface area (Å²) in [6.45, 7) is 6.12. The van der Waals surface area contributed by atoms with Crippen LogP contribution < -0.4 is 0 Å². The molecule has 0 radical (unpaired) electrons. The Labute approximate surface area is 125 Å². The van der Waals surface area contributed by atoms with Crippen molar-refractivity contribution >= 4 is 7.82 Å². The molecule has 0 aromatic carbocycles. The average Bonchev–Trinajstić information content (AvgIpc) is 2.20. The maximum Gasteiger partial charge on any atom is 0.466 e. The van der Waals surface area contributed by atoms with Gasteiger partial charge in [-0.25, -0.2) is 4.57 Å². The molecule has 0 saturated carbocycles. The summed E-state index contributed by atoms with van der Waals surface area (Å²) >= 11 is 0. The molecule has 0 aromatic heterocycles. The van der Waals surface area contributed by atoms with Crippen LogP contribution in [0.25, 0.3) is 0 Å². The molecule has 0 heterocycles. The molecule has 0 aliphatic heterocycles. The minimum absolute atomic E-state index is 0. The molecule has 3 N–H and O–H groups in total. The van der Waals surface area contributed by atoms with Crippen LogP contribution in [0.5, 0.6) is 0 Å². The molecule has 0 spiro atoms. The third-order valence-corrected chi connectivity index (χ3v) is 2.35. The summed E-state index contributed by atoms with van der Waals surface area (Å²) in [7, 11) is -4.64. The van der Waals surface area contributed by atoms with Crippen molar-refractivity contribution in [2.75, 3.05) is 0 Å². The molecule has 18 heavy (non-hydrogen) atoms. The quantitative estimate of drug-likeness (QED) is 0.260. The Morgan fingerprint density at radius 2 is 1.11 bits per heavy atom. The number of unbranched alkanes of at least 4 members (excludes halogenated alkanes) is 9. The number of hydrogen-bond acceptors (Lipinski definition) is 1. The SMILES string of the molecule is O=P(O)(O)O.[CH2-]CCCCCCCCCCC.[Zn]. The molecule has 0 fully saturated rings. The van der Waals surface area contributed by atoms with E-state index in [1.54, 1.807) is 0 Å². The minimum Gasteiger partial charge on any atom is -0.343 e. The van der Waals surface area contributed by atoms with Crippen LogP contribution >= 0.6 is 7.82 Å². The molecule has 0 rings (SSSR count). The first-order chi connectivity index (χ1) is 7.91. The van der Waals surface area contributed by atoms with Crippen LogP contribution in [0.2, 0.25) is 0 Å². The molecule has 6 heteroatoms. The predicted molar refractivity (Wildman–Crippen MR) is 71.5 cm³/mol. The van der Waals surface area contributed by atoms with Gasteiger partial charge in [-0.3, -0.25) is 0 Å². The van der Waals surface area contributed by atoms with E-state index in [1.807, 2.05) is 0 Å². The zero-order valence-electron chi connectivity index (χ0n) is 11.7. The summed E-state index contributed by atoms with van der Waals surface area (Å²) in [6.07, 6.45) is 13.9. The summed E-state index contributed by atoms with van der Waals surface area (Å²) in [4.78, 5) is 21.6. The molecule has 0 aromatic rings. The van der Waals surface area contributed by atoms with Crippen LogP contribution in [0.1, 0.15) is 71.1 Å². The Morgan fingerprint density at radius 3 is 1.39 bits per heavy atom. The Bertz CT molecular complexity index is 167. The van der Waals surface area contributed by atoms with Gasteiger partial charge in [-0.05, 0) is 0 Å². The Balaban J connectivity index is -0.000000321. The van der Waals surface area contributed by atoms with Crippen molar-refractivity contribution in [3.63, 3.8) is 0 Å². The van der Waals surface area contributed by atoms with Crippen LogP contribution in [0.4, 0.5) is 0 Å². The second-order valence-corrected chi connectivity index (χ2v) is 5.22. The molecule has 0 aliphatic carbocycles. The summed E-state index contributed by atoms with van der Waals surface area (Å²) in [5.74, 6) is 0. The molecule has 0 aliphatic rings. The Morgan fingerprint density at radius 1 is 0.833 bits per heavy atom. The minimum atomic E-state index is -4.64. The molecular weight excluding hydrogens is 304 g/mol. The predicted octanol–water partition coefficient (Wildman–Crippen LogP) is 3.81. The van der Waals surface area contributed by atoms with Gasteiger partial charge in [-0.1, -0.05) is 64.7 Å². The zero-order valence-corrected chi connectivity index (χ0v) is 15.5. The van der Waals surface area contributed by atoms with Gasteiger partial charge >= 0.3 is 7.82 Å². The third kappa shape index (κ3) is 43.7. The summed E-state index contributed by atoms with van der Waals surface area (Å²) < 4.78 is 8.88. The van der Waals surface area contributed by atoms with E-state index < -0.39 is 7.82 Å². The zero-order chi connectivity index (χ0) is 13.6. The van der Waals surface area contributed by atoms with Gasteiger partial charge in [-0.15, -0.1) is 0 Å². The van der Waals surface area contributed by atoms with Crippen molar-refractivity contribution in [2.45, 2.75) is 71.1 Å². The van der Waals surface area contributed by atoms with Crippen molar-refractivity contribution in [3.05, 3.63) is 6.92 Å². The second kappa shape index (κ2) is 17.7. The second-order valence-electron chi connectivity index (χ2n) is 4.20. The van der Waals surface area contributed by atoms with E-state index in [-0.39, 0.29) is 19.5 Å². The van der Waals surface area contributed by atoms with Gasteiger partial charge in [-0.2, -0.15) is 6.42 Å². The summed E-state index contributed by atoms with van der Waals surface area (Å²) in [5.41, 5.74) is 0. The topological polar surface area (TPSA) is 77.8 Å². The first kappa shape index (κ1) is 23.8. The third-order valence-electron chi connectivity index (χ3n) is 2.35. The van der Waals surface area contributed by atoms with Crippen LogP contribution in [0.15, 0.2) is 0 Å². The maximum absolute atomic E-state index is 8.88. The maximum atomic E-state index is 8.88. The van der Waals surface area contributed by atoms with Gasteiger partial charge in [0.25, 0.3) is 0 Å². The Kier molecular flexibility index (Phi) is 23.4. The fourth-order valence-corrected chi connectivity index (χ4v) is 1.49. The summed E-state index contributed by atoms with van der Waals surface area (Å²) in [6, 6.07) is 0. The van der Waals surface area contributed by atoms with E-state index in [0.29, 0.717) is 0 Å². The number of rotatable bonds is 9. The van der Waals surface area contributed by atoms with Crippen molar-refractivity contribution in [3.8, 4) is 0 Å². The van der Waals surface area contributed by atoms with Crippen LogP contribution in [-0.4, -0.2) is 14.7 Å². The fourth-order valence-electron chi connectivity index (χ4n) is 1.49. The molecule has 0 bridgehead atoms. The molecule has 0 amide bonds. The van der Waals surface area contributed by atoms with E-state index in [0.717, 1.165) is 6.42 Å². The number of phosphoric acid groups is 1. The van der Waals surface area contributed by atoms with Gasteiger partial charge in [0.1, 0.15) is 0 Å². The van der Waals surface area contributed by atoms with Crippen molar-refractivity contribution < 1.29 is 38.7 Å². The standard InChI is InChI=1S/C12H25.H3O4P.Zn/c1-3-5-7-9-11-12-10-8-6-4-2;1-5(2,3)4;/h1,3-12H2,2H3;(H3,1,2,3,4);/q-1;;. The van der Waals surface area contributed by atoms with Gasteiger partial charge in [0.15, 0.2) is 0 Å². The largest absolute Gasteiger partial charge is 0.466 e. The van der Waals surface area contributed by atoms with E-state index in [1.165, 1.54) is 57.8 Å². The van der Waals surface area contributed by atoms with Gasteiger partial charge < -0.3 is 21.6 Å². The van der Waals surface area contributed by atoms with Crippen molar-refractivity contribution in [1.29, 1.82) is 0 Å². The van der Waals surface area contributed by atoms with Crippen LogP contribution in [-0.2, 0) is 24.0 Å². The van der Waals surface area contributed by atoms with Crippen molar-refractivity contribution in [1.82, 2.24) is 0 Å². The molecule has 0 saturated heterocycles. The first-order valence-electron chi connectivity index (χ1n) is 6.49. The first-order valence-corrected chi connectivity index (χ1v) is 8.05. The van der Waals surface area contributed by atoms with Crippen molar-refractivity contribution in [2.24, 2.45) is 0 Å². The average molecular weight is 333 g/mol. The van der Waals surface area contributed by atoms with Crippen LogP contribution in [0, 0.1) is 6.92 Å². The molecule has 4 nitrogen and oxygen atoms in total. The molecule has 108 valence electrons. The summed E-state index contributed by atoms with van der Waals surface area (Å²) in [5, 5.41) is 0. The van der Waals surface area contributed by atoms with Gasteiger partial charge in [0.05, 0.1) is 0 Å². The van der Waals surface area contributed by atoms with E-state index in [2.05, 4.69) is 13.8 Å². The molecule has 0 unspecified atom stereocenters. The van der Waals surface area contributed by atoms with E-state index >= 15 is 0 Å². The van der Waals surface area contributed by atoms with Crippen LogP contribution in [0.3, 0.4) is 0 Å². The van der Waals surface area contributed by atoms with Gasteiger partial charge in [0, 0.05) is 19.5 Å². The normalized spacial score (nSPS) is 10.3. The fraction of sp³-hybridized carbons (Fsp3) is 0.917. The monoisotopic (exact) mass is 331 g/mol. The Hall–Kier alpha value is 0.733. The van der Waals surface area contributed by atoms with E-state index in [9.17, 15) is 0 Å². The molecular formula is C12H28O4PZn-. The van der Waals surface area contributed by atoms with Gasteiger partial charge in [0.2, 0.25) is 0 Å². The van der Waals surface area contributed by atoms with E-state index in [4.69, 9.17) is 19.2 Å². The molecule has 0 atom stereocenters. The number of hydrogen-bond donors (Lipinski definition) is 3.